The summed E-state index contributed by atoms with van der Waals surface area (Å²) >= 11 is 0. The van der Waals surface area contributed by atoms with Crippen molar-refractivity contribution in [1.82, 2.24) is 5.48 Å². The van der Waals surface area contributed by atoms with Gasteiger partial charge < -0.3 is 4.84 Å². The molecular formula is C5H6F3NO2. The number of carbonyl (C=O) groups excluding carboxylic acids is 1. The Morgan fingerprint density at radius 3 is 2.27 bits per heavy atom. The van der Waals surface area contributed by atoms with Crippen molar-refractivity contribution in [2.75, 3.05) is 0 Å². The third kappa shape index (κ3) is 1.45. The molecule has 0 saturated carbocycles. The van der Waals surface area contributed by atoms with Crippen LogP contribution in [-0.2, 0) is 9.63 Å². The lowest BCUT2D eigenvalue weighted by molar-refractivity contribution is -0.186. The molecule has 0 aromatic rings. The molecule has 1 saturated heterocycles. The second kappa shape index (κ2) is 2.37. The summed E-state index contributed by atoms with van der Waals surface area (Å²) in [7, 11) is 0. The van der Waals surface area contributed by atoms with E-state index in [1.165, 1.54) is 6.92 Å². The predicted octanol–water partition coefficient (Wildman–Crippen LogP) is 0.615. The lowest BCUT2D eigenvalue weighted by Gasteiger charge is -2.12. The average Bonchev–Trinajstić information content (AvgIpc) is 2.08. The Morgan fingerprint density at radius 2 is 2.09 bits per heavy atom. The molecular weight excluding hydrogens is 163 g/mol. The van der Waals surface area contributed by atoms with Gasteiger partial charge in [0.2, 0.25) is 0 Å². The van der Waals surface area contributed by atoms with E-state index in [1.54, 1.807) is 0 Å². The lowest BCUT2D eigenvalue weighted by Crippen LogP contribution is -2.35. The number of halogens is 3. The zero-order valence-electron chi connectivity index (χ0n) is 5.61. The molecule has 1 fully saturated rings. The van der Waals surface area contributed by atoms with Crippen molar-refractivity contribution in [1.29, 1.82) is 0 Å². The van der Waals surface area contributed by atoms with E-state index in [4.69, 9.17) is 0 Å². The molecule has 1 unspecified atom stereocenters. The first kappa shape index (κ1) is 8.32. The largest absolute Gasteiger partial charge is 0.403 e. The Morgan fingerprint density at radius 1 is 1.55 bits per heavy atom. The summed E-state index contributed by atoms with van der Waals surface area (Å²) in [6.07, 6.45) is -4.51. The zero-order valence-corrected chi connectivity index (χ0v) is 5.61. The van der Waals surface area contributed by atoms with Crippen LogP contribution in [0.3, 0.4) is 0 Å². The van der Waals surface area contributed by atoms with Gasteiger partial charge in [-0.15, -0.1) is 5.48 Å². The number of carbonyl (C=O) groups is 1. The molecule has 64 valence electrons. The predicted molar refractivity (Wildman–Crippen MR) is 28.2 cm³/mol. The number of hydrogen-bond acceptors (Lipinski definition) is 3. The molecule has 0 spiro atoms. The lowest BCUT2D eigenvalue weighted by atomic mass is 10.0. The van der Waals surface area contributed by atoms with Crippen LogP contribution in [0.2, 0.25) is 0 Å². The van der Waals surface area contributed by atoms with Crippen LogP contribution in [0, 0.1) is 5.92 Å². The van der Waals surface area contributed by atoms with E-state index in [1.807, 2.05) is 5.48 Å². The summed E-state index contributed by atoms with van der Waals surface area (Å²) in [6, 6.07) is -0.998. The fourth-order valence-electron chi connectivity index (χ4n) is 0.904. The minimum absolute atomic E-state index is 0.998. The Bertz CT molecular complexity index is 179. The van der Waals surface area contributed by atoms with Gasteiger partial charge in [0.15, 0.2) is 5.92 Å². The Hall–Kier alpha value is -0.780. The van der Waals surface area contributed by atoms with Crippen molar-refractivity contribution in [3.63, 3.8) is 0 Å². The highest BCUT2D eigenvalue weighted by atomic mass is 19.4. The number of alkyl halides is 3. The van der Waals surface area contributed by atoms with E-state index in [0.29, 0.717) is 0 Å². The molecule has 0 amide bonds. The molecule has 0 aromatic heterocycles. The molecule has 0 aromatic carbocycles. The normalized spacial score (nSPS) is 32.2. The van der Waals surface area contributed by atoms with Crippen LogP contribution in [0.4, 0.5) is 13.2 Å². The topological polar surface area (TPSA) is 38.3 Å². The van der Waals surface area contributed by atoms with Gasteiger partial charge >= 0.3 is 12.1 Å². The summed E-state index contributed by atoms with van der Waals surface area (Å²) in [5.41, 5.74) is 1.96. The Labute approximate surface area is 60.5 Å². The fraction of sp³-hybridized carbons (Fsp3) is 0.800. The summed E-state index contributed by atoms with van der Waals surface area (Å²) in [6.45, 7) is 1.24. The van der Waals surface area contributed by atoms with E-state index in [-0.39, 0.29) is 0 Å². The van der Waals surface area contributed by atoms with Crippen molar-refractivity contribution in [2.24, 2.45) is 5.92 Å². The van der Waals surface area contributed by atoms with Gasteiger partial charge in [0.25, 0.3) is 0 Å². The van der Waals surface area contributed by atoms with Crippen LogP contribution in [0.5, 0.6) is 0 Å². The molecule has 0 aliphatic carbocycles. The minimum Gasteiger partial charge on any atom is -0.370 e. The molecule has 6 heteroatoms. The zero-order chi connectivity index (χ0) is 8.65. The van der Waals surface area contributed by atoms with Crippen LogP contribution in [-0.4, -0.2) is 18.2 Å². The van der Waals surface area contributed by atoms with Gasteiger partial charge in [-0.25, -0.2) is 4.79 Å². The van der Waals surface area contributed by atoms with Crippen LogP contribution < -0.4 is 5.48 Å². The first-order valence-electron chi connectivity index (χ1n) is 2.96. The maximum absolute atomic E-state index is 11.9. The molecule has 1 aliphatic heterocycles. The number of nitrogens with one attached hydrogen (secondary N) is 1. The van der Waals surface area contributed by atoms with E-state index >= 15 is 0 Å². The Balaban J connectivity index is 2.77. The summed E-state index contributed by atoms with van der Waals surface area (Å²) in [4.78, 5) is 14.4. The van der Waals surface area contributed by atoms with Crippen molar-refractivity contribution in [3.8, 4) is 0 Å². The van der Waals surface area contributed by atoms with Crippen molar-refractivity contribution in [3.05, 3.63) is 0 Å². The monoisotopic (exact) mass is 169 g/mol. The van der Waals surface area contributed by atoms with Gasteiger partial charge in [-0.1, -0.05) is 0 Å². The molecule has 11 heavy (non-hydrogen) atoms. The average molecular weight is 169 g/mol. The smallest absolute Gasteiger partial charge is 0.370 e. The van der Waals surface area contributed by atoms with Crippen molar-refractivity contribution in [2.45, 2.75) is 19.1 Å². The van der Waals surface area contributed by atoms with Gasteiger partial charge in [0.1, 0.15) is 0 Å². The summed E-state index contributed by atoms with van der Waals surface area (Å²) in [5.74, 6) is -3.28. The molecule has 0 radical (unpaired) electrons. The van der Waals surface area contributed by atoms with Crippen LogP contribution in [0.25, 0.3) is 0 Å². The molecule has 0 bridgehead atoms. The SMILES string of the molecule is CC1NOC(=O)[C@@H]1C(F)(F)F. The van der Waals surface area contributed by atoms with Crippen LogP contribution >= 0.6 is 0 Å². The third-order valence-electron chi connectivity index (χ3n) is 1.45. The first-order chi connectivity index (χ1) is 4.93. The first-order valence-corrected chi connectivity index (χ1v) is 2.96. The van der Waals surface area contributed by atoms with Gasteiger partial charge in [0, 0.05) is 0 Å². The maximum atomic E-state index is 11.9. The number of hydroxylamine groups is 1. The standard InChI is InChI=1S/C5H6F3NO2/c1-2-3(5(6,7)8)4(10)11-9-2/h2-3,9H,1H3/t2?,3-/m1/s1. The van der Waals surface area contributed by atoms with Gasteiger partial charge in [-0.3, -0.25) is 0 Å². The maximum Gasteiger partial charge on any atom is 0.403 e. The van der Waals surface area contributed by atoms with E-state index < -0.39 is 24.1 Å². The van der Waals surface area contributed by atoms with Gasteiger partial charge in [-0.05, 0) is 6.92 Å². The summed E-state index contributed by atoms with van der Waals surface area (Å²) < 4.78 is 35.8. The molecule has 3 nitrogen and oxygen atoms in total. The second-order valence-corrected chi connectivity index (χ2v) is 2.35. The minimum atomic E-state index is -4.51. The highest BCUT2D eigenvalue weighted by Gasteiger charge is 2.53. The molecule has 2 atom stereocenters. The highest BCUT2D eigenvalue weighted by molar-refractivity contribution is 5.75. The van der Waals surface area contributed by atoms with E-state index in [9.17, 15) is 18.0 Å². The highest BCUT2D eigenvalue weighted by Crippen LogP contribution is 2.32. The molecule has 1 heterocycles. The number of rotatable bonds is 0. The quantitative estimate of drug-likeness (QED) is 0.577. The van der Waals surface area contributed by atoms with Gasteiger partial charge in [0.05, 0.1) is 6.04 Å². The van der Waals surface area contributed by atoms with E-state index in [2.05, 4.69) is 4.84 Å². The molecule has 1 rings (SSSR count). The summed E-state index contributed by atoms with van der Waals surface area (Å²) in [5, 5.41) is 0. The second-order valence-electron chi connectivity index (χ2n) is 2.35. The van der Waals surface area contributed by atoms with Crippen LogP contribution in [0.1, 0.15) is 6.92 Å². The van der Waals surface area contributed by atoms with Gasteiger partial charge in [-0.2, -0.15) is 13.2 Å². The molecule has 1 N–H and O–H groups in total. The Kier molecular flexibility index (Phi) is 1.79. The van der Waals surface area contributed by atoms with Crippen molar-refractivity contribution < 1.29 is 22.8 Å². The molecule has 1 aliphatic rings. The van der Waals surface area contributed by atoms with E-state index in [0.717, 1.165) is 0 Å². The van der Waals surface area contributed by atoms with Crippen LogP contribution in [0.15, 0.2) is 0 Å². The number of hydrogen-bond donors (Lipinski definition) is 1. The fourth-order valence-corrected chi connectivity index (χ4v) is 0.904. The van der Waals surface area contributed by atoms with Crippen molar-refractivity contribution >= 4 is 5.97 Å². The third-order valence-corrected chi connectivity index (χ3v) is 1.45.